The van der Waals surface area contributed by atoms with Crippen LogP contribution in [-0.4, -0.2) is 54.5 Å². The van der Waals surface area contributed by atoms with Crippen LogP contribution < -0.4 is 35.9 Å². The lowest BCUT2D eigenvalue weighted by molar-refractivity contribution is -0.140. The minimum absolute atomic E-state index is 0.0293. The zero-order valence-corrected chi connectivity index (χ0v) is 23.2. The highest BCUT2D eigenvalue weighted by atomic mass is 32.2. The molecule has 5 atom stereocenters. The average Bonchev–Trinajstić information content (AvgIpc) is 3.58. The number of hydrogen-bond donors (Lipinski definition) is 5. The van der Waals surface area contributed by atoms with Crippen LogP contribution in [0.4, 0.5) is 17.6 Å². The summed E-state index contributed by atoms with van der Waals surface area (Å²) in [5, 5.41) is 18.7. The number of nitrogens with two attached hydrogens (primary N) is 1. The molecule has 9 nitrogen and oxygen atoms in total. The number of thioether (sulfide) groups is 1. The number of hydrogen-bond acceptors (Lipinski definition) is 9. The van der Waals surface area contributed by atoms with Crippen LogP contribution in [0.5, 0.6) is 17.2 Å². The number of fused-ring (bicyclic) bond motifs is 1. The van der Waals surface area contributed by atoms with Gasteiger partial charge in [-0.1, -0.05) is 23.9 Å². The number of methoxy groups -OCH3 is 1. The summed E-state index contributed by atoms with van der Waals surface area (Å²) in [6.45, 7) is 0.874. The smallest absolute Gasteiger partial charge is 0.419 e. The molecule has 2 aromatic rings. The molecule has 3 aliphatic rings. The molecule has 6 N–H and O–H groups in total. The van der Waals surface area contributed by atoms with Gasteiger partial charge in [-0.3, -0.25) is 21.2 Å². The van der Waals surface area contributed by atoms with Gasteiger partial charge in [-0.2, -0.15) is 13.2 Å². The molecular weight excluding hydrogens is 580 g/mol. The van der Waals surface area contributed by atoms with E-state index in [4.69, 9.17) is 19.9 Å². The highest BCUT2D eigenvalue weighted by Crippen LogP contribution is 2.41. The summed E-state index contributed by atoms with van der Waals surface area (Å²) >= 11 is 1.16. The van der Waals surface area contributed by atoms with Crippen LogP contribution in [0.25, 0.3) is 0 Å². The Morgan fingerprint density at radius 2 is 2.12 bits per heavy atom. The van der Waals surface area contributed by atoms with E-state index in [1.54, 1.807) is 31.4 Å². The van der Waals surface area contributed by atoms with E-state index < -0.39 is 29.0 Å². The summed E-state index contributed by atoms with van der Waals surface area (Å²) in [6.07, 6.45) is 1.34. The summed E-state index contributed by atoms with van der Waals surface area (Å²) in [5.41, 5.74) is 3.72. The SMILES string of the molecule is COc1cc(OCC2C=C(NC(=O)c3ccc(F)c(C(F)(F)F)c3)C=CC2)c2c(c1)OC(C1CNC(SC(N)O)N1)C2. The van der Waals surface area contributed by atoms with E-state index in [1.807, 2.05) is 6.08 Å². The molecule has 1 aliphatic carbocycles. The van der Waals surface area contributed by atoms with Crippen LogP contribution in [0.3, 0.4) is 0 Å². The van der Waals surface area contributed by atoms with Crippen molar-refractivity contribution >= 4 is 17.7 Å². The van der Waals surface area contributed by atoms with Gasteiger partial charge >= 0.3 is 6.18 Å². The summed E-state index contributed by atoms with van der Waals surface area (Å²) in [4.78, 5) is 12.6. The number of carbonyl (C=O) groups is 1. The van der Waals surface area contributed by atoms with Gasteiger partial charge in [-0.05, 0) is 30.7 Å². The van der Waals surface area contributed by atoms with Crippen molar-refractivity contribution in [1.29, 1.82) is 0 Å². The van der Waals surface area contributed by atoms with Crippen molar-refractivity contribution in [2.24, 2.45) is 11.7 Å². The second kappa shape index (κ2) is 12.5. The molecule has 5 rings (SSSR count). The van der Waals surface area contributed by atoms with Crippen LogP contribution >= 0.6 is 11.8 Å². The number of halogens is 4. The van der Waals surface area contributed by atoms with Crippen molar-refractivity contribution in [3.05, 3.63) is 76.8 Å². The molecule has 0 radical (unpaired) electrons. The van der Waals surface area contributed by atoms with E-state index in [0.717, 1.165) is 23.4 Å². The molecule has 0 saturated carbocycles. The zero-order chi connectivity index (χ0) is 30.0. The number of amides is 1. The van der Waals surface area contributed by atoms with Crippen LogP contribution in [0, 0.1) is 11.7 Å². The third-order valence-electron chi connectivity index (χ3n) is 7.07. The van der Waals surface area contributed by atoms with Crippen LogP contribution in [0.1, 0.15) is 27.9 Å². The lowest BCUT2D eigenvalue weighted by atomic mass is 9.99. The van der Waals surface area contributed by atoms with Gasteiger partial charge in [0.05, 0.1) is 25.3 Å². The van der Waals surface area contributed by atoms with Crippen molar-refractivity contribution in [1.82, 2.24) is 16.0 Å². The first-order valence-electron chi connectivity index (χ1n) is 13.2. The van der Waals surface area contributed by atoms with Crippen molar-refractivity contribution < 1.29 is 41.7 Å². The number of benzene rings is 2. The van der Waals surface area contributed by atoms with Gasteiger partial charge in [0.1, 0.15) is 34.7 Å². The Morgan fingerprint density at radius 3 is 2.86 bits per heavy atom. The van der Waals surface area contributed by atoms with E-state index in [0.29, 0.717) is 54.5 Å². The summed E-state index contributed by atoms with van der Waals surface area (Å²) < 4.78 is 70.7. The van der Waals surface area contributed by atoms with Gasteiger partial charge in [0.25, 0.3) is 5.91 Å². The first-order chi connectivity index (χ1) is 20.0. The number of aliphatic hydroxyl groups excluding tert-OH is 1. The molecule has 14 heteroatoms. The summed E-state index contributed by atoms with van der Waals surface area (Å²) in [7, 11) is 1.54. The first kappa shape index (κ1) is 30.2. The van der Waals surface area contributed by atoms with Gasteiger partial charge in [-0.25, -0.2) is 4.39 Å². The third kappa shape index (κ3) is 7.01. The van der Waals surface area contributed by atoms with Gasteiger partial charge < -0.3 is 24.6 Å². The van der Waals surface area contributed by atoms with Crippen molar-refractivity contribution in [3.8, 4) is 17.2 Å². The Morgan fingerprint density at radius 1 is 1.31 bits per heavy atom. The normalized spacial score (nSPS) is 24.0. The molecule has 42 heavy (non-hydrogen) atoms. The number of ether oxygens (including phenoxy) is 3. The Hall–Kier alpha value is -3.30. The van der Waals surface area contributed by atoms with E-state index in [9.17, 15) is 27.5 Å². The van der Waals surface area contributed by atoms with E-state index in [2.05, 4.69) is 16.0 Å². The maximum atomic E-state index is 13.6. The molecule has 2 aliphatic heterocycles. The lowest BCUT2D eigenvalue weighted by Gasteiger charge is -2.19. The summed E-state index contributed by atoms with van der Waals surface area (Å²) in [5.74, 6) is -0.573. The fourth-order valence-corrected chi connectivity index (χ4v) is 5.75. The van der Waals surface area contributed by atoms with E-state index in [-0.39, 0.29) is 35.7 Å². The molecule has 5 unspecified atom stereocenters. The second-order valence-electron chi connectivity index (χ2n) is 10.0. The largest absolute Gasteiger partial charge is 0.496 e. The minimum Gasteiger partial charge on any atom is -0.496 e. The fraction of sp³-hybridized carbons (Fsp3) is 0.393. The second-order valence-corrected chi connectivity index (χ2v) is 11.3. The first-order valence-corrected chi connectivity index (χ1v) is 14.1. The van der Waals surface area contributed by atoms with Crippen LogP contribution in [0.15, 0.2) is 54.3 Å². The Kier molecular flexibility index (Phi) is 8.99. The van der Waals surface area contributed by atoms with E-state index in [1.165, 1.54) is 0 Å². The average molecular weight is 611 g/mol. The van der Waals surface area contributed by atoms with Crippen LogP contribution in [-0.2, 0) is 12.6 Å². The standard InChI is InChI=1S/C28H30F4N4O5S/c1-39-17-9-22(18-11-24(41-23(18)10-17)21-12-34-27(36-21)42-26(33)38)40-13-14-3-2-4-16(7-14)35-25(37)15-5-6-20(29)19(8-15)28(30,31)32/h2,4-10,14,21,24,26-27,34,36,38H,3,11-13,33H2,1H3,(H,35,37). The summed E-state index contributed by atoms with van der Waals surface area (Å²) in [6, 6.07) is 5.68. The van der Waals surface area contributed by atoms with Gasteiger partial charge in [0, 0.05) is 47.8 Å². The lowest BCUT2D eigenvalue weighted by Crippen LogP contribution is -2.42. The molecular formula is C28H30F4N4O5S. The third-order valence-corrected chi connectivity index (χ3v) is 7.92. The molecule has 0 bridgehead atoms. The van der Waals surface area contributed by atoms with Gasteiger partial charge in [0.2, 0.25) is 0 Å². The number of rotatable bonds is 9. The van der Waals surface area contributed by atoms with Crippen molar-refractivity contribution in [3.63, 3.8) is 0 Å². The number of aliphatic hydroxyl groups is 1. The fourth-order valence-electron chi connectivity index (χ4n) is 5.02. The number of carbonyl (C=O) groups excluding carboxylic acids is 1. The molecule has 2 heterocycles. The molecule has 0 spiro atoms. The zero-order valence-electron chi connectivity index (χ0n) is 22.4. The van der Waals surface area contributed by atoms with Crippen molar-refractivity contribution in [2.75, 3.05) is 20.3 Å². The Labute approximate surface area is 243 Å². The molecule has 0 aromatic heterocycles. The highest BCUT2D eigenvalue weighted by molar-refractivity contribution is 8.00. The predicted molar refractivity (Wildman–Crippen MR) is 147 cm³/mol. The molecule has 1 fully saturated rings. The molecule has 1 amide bonds. The molecule has 226 valence electrons. The van der Waals surface area contributed by atoms with E-state index >= 15 is 0 Å². The quantitative estimate of drug-likeness (QED) is 0.215. The van der Waals surface area contributed by atoms with Gasteiger partial charge in [0.15, 0.2) is 5.56 Å². The number of allylic oxidation sites excluding steroid dienone is 2. The highest BCUT2D eigenvalue weighted by Gasteiger charge is 2.38. The maximum absolute atomic E-state index is 13.6. The molecule has 1 saturated heterocycles. The monoisotopic (exact) mass is 610 g/mol. The number of alkyl halides is 3. The Bertz CT molecular complexity index is 1390. The minimum atomic E-state index is -4.92. The number of nitrogens with one attached hydrogen (secondary N) is 3. The maximum Gasteiger partial charge on any atom is 0.419 e. The Balaban J connectivity index is 1.23. The predicted octanol–water partition coefficient (Wildman–Crippen LogP) is 3.24. The van der Waals surface area contributed by atoms with Crippen molar-refractivity contribution in [2.45, 2.75) is 42.2 Å². The molecule has 2 aromatic carbocycles. The van der Waals surface area contributed by atoms with Gasteiger partial charge in [-0.15, -0.1) is 0 Å². The van der Waals surface area contributed by atoms with Crippen LogP contribution in [0.2, 0.25) is 0 Å². The topological polar surface area (TPSA) is 127 Å².